The second-order valence-corrected chi connectivity index (χ2v) is 6.69. The molecule has 1 aromatic carbocycles. The number of fused-ring (bicyclic) bond motifs is 1. The van der Waals surface area contributed by atoms with Gasteiger partial charge in [-0.25, -0.2) is 0 Å². The number of amides is 1. The molecule has 22 heavy (non-hydrogen) atoms. The van der Waals surface area contributed by atoms with Crippen LogP contribution in [0, 0.1) is 19.3 Å². The number of nitrogens with one attached hydrogen (secondary N) is 1. The maximum atomic E-state index is 12.6. The standard InChI is InChI=1S/C17H22N2O2.ClH/c1-11-5-12(2)13-7-15(18-14(13)6-11)16(20)19(4)8-17(3)9-21-10-17;/h5-7,18H,8-10H2,1-4H3;1H. The van der Waals surface area contributed by atoms with Crippen LogP contribution in [0.1, 0.15) is 28.5 Å². The van der Waals surface area contributed by atoms with Crippen molar-refractivity contribution in [2.24, 2.45) is 5.41 Å². The monoisotopic (exact) mass is 322 g/mol. The Kier molecular flexibility index (Phi) is 4.54. The lowest BCUT2D eigenvalue weighted by atomic mass is 9.88. The number of rotatable bonds is 3. The summed E-state index contributed by atoms with van der Waals surface area (Å²) < 4.78 is 5.26. The number of carbonyl (C=O) groups excluding carboxylic acids is 1. The highest BCUT2D eigenvalue weighted by Gasteiger charge is 2.35. The van der Waals surface area contributed by atoms with E-state index < -0.39 is 0 Å². The summed E-state index contributed by atoms with van der Waals surface area (Å²) in [5, 5.41) is 1.12. The molecule has 0 radical (unpaired) electrons. The number of carbonyl (C=O) groups is 1. The van der Waals surface area contributed by atoms with E-state index in [2.05, 4.69) is 37.9 Å². The van der Waals surface area contributed by atoms with Crippen LogP contribution < -0.4 is 0 Å². The first-order chi connectivity index (χ1) is 9.88. The maximum absolute atomic E-state index is 12.6. The van der Waals surface area contributed by atoms with Crippen LogP contribution in [0.25, 0.3) is 10.9 Å². The average molecular weight is 323 g/mol. The number of ether oxygens (including phenoxy) is 1. The molecule has 1 aromatic heterocycles. The Hall–Kier alpha value is -1.52. The fourth-order valence-electron chi connectivity index (χ4n) is 3.11. The molecular weight excluding hydrogens is 300 g/mol. The number of aromatic nitrogens is 1. The highest BCUT2D eigenvalue weighted by atomic mass is 35.5. The van der Waals surface area contributed by atoms with Crippen LogP contribution in [-0.2, 0) is 4.74 Å². The molecule has 0 unspecified atom stereocenters. The Balaban J connectivity index is 0.00000176. The van der Waals surface area contributed by atoms with Crippen LogP contribution in [0.15, 0.2) is 18.2 Å². The molecule has 2 aromatic rings. The fourth-order valence-corrected chi connectivity index (χ4v) is 3.11. The minimum atomic E-state index is 0. The maximum Gasteiger partial charge on any atom is 0.270 e. The third-order valence-corrected chi connectivity index (χ3v) is 4.19. The van der Waals surface area contributed by atoms with Crippen molar-refractivity contribution in [1.82, 2.24) is 9.88 Å². The number of halogens is 1. The van der Waals surface area contributed by atoms with Gasteiger partial charge in [-0.15, -0.1) is 12.4 Å². The van der Waals surface area contributed by atoms with Crippen LogP contribution in [0.5, 0.6) is 0 Å². The van der Waals surface area contributed by atoms with E-state index in [1.807, 2.05) is 13.1 Å². The van der Waals surface area contributed by atoms with E-state index in [9.17, 15) is 4.79 Å². The predicted octanol–water partition coefficient (Wildman–Crippen LogP) is 3.32. The number of hydrogen-bond acceptors (Lipinski definition) is 2. The number of aryl methyl sites for hydroxylation is 2. The molecule has 0 spiro atoms. The summed E-state index contributed by atoms with van der Waals surface area (Å²) in [7, 11) is 1.86. The van der Waals surface area contributed by atoms with Crippen LogP contribution >= 0.6 is 12.4 Å². The smallest absolute Gasteiger partial charge is 0.270 e. The van der Waals surface area contributed by atoms with Gasteiger partial charge in [0.1, 0.15) is 5.69 Å². The molecule has 1 aliphatic rings. The minimum Gasteiger partial charge on any atom is -0.380 e. The van der Waals surface area contributed by atoms with Gasteiger partial charge in [0.2, 0.25) is 0 Å². The zero-order chi connectivity index (χ0) is 15.2. The number of aromatic amines is 1. The third-order valence-electron chi connectivity index (χ3n) is 4.19. The van der Waals surface area contributed by atoms with Gasteiger partial charge >= 0.3 is 0 Å². The zero-order valence-corrected chi connectivity index (χ0v) is 14.3. The van der Waals surface area contributed by atoms with Crippen LogP contribution in [0.3, 0.4) is 0 Å². The van der Waals surface area contributed by atoms with Crippen molar-refractivity contribution in [1.29, 1.82) is 0 Å². The van der Waals surface area contributed by atoms with Crippen molar-refractivity contribution in [3.63, 3.8) is 0 Å². The minimum absolute atomic E-state index is 0. The molecule has 1 fully saturated rings. The first kappa shape index (κ1) is 16.8. The molecule has 4 nitrogen and oxygen atoms in total. The normalized spacial score (nSPS) is 16.0. The zero-order valence-electron chi connectivity index (χ0n) is 13.5. The SMILES string of the molecule is Cc1cc(C)c2cc(C(=O)N(C)CC3(C)COC3)[nH]c2c1.Cl. The van der Waals surface area contributed by atoms with Crippen LogP contribution in [0.2, 0.25) is 0 Å². The number of benzene rings is 1. The summed E-state index contributed by atoms with van der Waals surface area (Å²) >= 11 is 0. The second-order valence-electron chi connectivity index (χ2n) is 6.69. The van der Waals surface area contributed by atoms with Crippen molar-refractivity contribution in [2.75, 3.05) is 26.8 Å². The van der Waals surface area contributed by atoms with Gasteiger partial charge < -0.3 is 14.6 Å². The molecule has 1 amide bonds. The van der Waals surface area contributed by atoms with E-state index in [0.717, 1.165) is 30.7 Å². The topological polar surface area (TPSA) is 45.3 Å². The van der Waals surface area contributed by atoms with E-state index in [0.29, 0.717) is 5.69 Å². The summed E-state index contributed by atoms with van der Waals surface area (Å²) in [6.45, 7) is 8.48. The lowest BCUT2D eigenvalue weighted by Gasteiger charge is -2.40. The summed E-state index contributed by atoms with van der Waals surface area (Å²) in [6.07, 6.45) is 0. The Labute approximate surface area is 137 Å². The van der Waals surface area contributed by atoms with Gasteiger partial charge in [-0.2, -0.15) is 0 Å². The van der Waals surface area contributed by atoms with Crippen molar-refractivity contribution < 1.29 is 9.53 Å². The van der Waals surface area contributed by atoms with Gasteiger partial charge in [0.25, 0.3) is 5.91 Å². The fraction of sp³-hybridized carbons (Fsp3) is 0.471. The molecule has 2 heterocycles. The van der Waals surface area contributed by atoms with Crippen molar-refractivity contribution in [2.45, 2.75) is 20.8 Å². The van der Waals surface area contributed by atoms with Gasteiger partial charge in [0.05, 0.1) is 13.2 Å². The van der Waals surface area contributed by atoms with E-state index in [4.69, 9.17) is 4.74 Å². The quantitative estimate of drug-likeness (QED) is 0.942. The van der Waals surface area contributed by atoms with Crippen LogP contribution in [0.4, 0.5) is 0 Å². The molecule has 0 atom stereocenters. The summed E-state index contributed by atoms with van der Waals surface area (Å²) in [5.74, 6) is 0.0383. The number of nitrogens with zero attached hydrogens (tertiary/aromatic N) is 1. The highest BCUT2D eigenvalue weighted by Crippen LogP contribution is 2.28. The average Bonchev–Trinajstić information content (AvgIpc) is 2.79. The molecule has 120 valence electrons. The van der Waals surface area contributed by atoms with Crippen molar-refractivity contribution in [3.05, 3.63) is 35.0 Å². The lowest BCUT2D eigenvalue weighted by molar-refractivity contribution is -0.109. The molecule has 1 aliphatic heterocycles. The Morgan fingerprint density at radius 1 is 1.32 bits per heavy atom. The van der Waals surface area contributed by atoms with Gasteiger partial charge in [0.15, 0.2) is 0 Å². The molecule has 5 heteroatoms. The van der Waals surface area contributed by atoms with Gasteiger partial charge in [-0.1, -0.05) is 13.0 Å². The highest BCUT2D eigenvalue weighted by molar-refractivity contribution is 5.98. The second kappa shape index (κ2) is 5.94. The Morgan fingerprint density at radius 2 is 2.00 bits per heavy atom. The van der Waals surface area contributed by atoms with E-state index in [1.165, 1.54) is 11.1 Å². The van der Waals surface area contributed by atoms with E-state index in [1.54, 1.807) is 4.90 Å². The largest absolute Gasteiger partial charge is 0.380 e. The summed E-state index contributed by atoms with van der Waals surface area (Å²) in [4.78, 5) is 17.6. The van der Waals surface area contributed by atoms with Gasteiger partial charge in [-0.3, -0.25) is 4.79 Å². The molecule has 3 rings (SSSR count). The molecule has 0 aliphatic carbocycles. The summed E-state index contributed by atoms with van der Waals surface area (Å²) in [6, 6.07) is 6.18. The number of hydrogen-bond donors (Lipinski definition) is 1. The Bertz CT molecular complexity index is 704. The molecule has 0 bridgehead atoms. The number of H-pyrrole nitrogens is 1. The summed E-state index contributed by atoms with van der Waals surface area (Å²) in [5.41, 5.74) is 4.19. The van der Waals surface area contributed by atoms with Crippen molar-refractivity contribution in [3.8, 4) is 0 Å². The third kappa shape index (κ3) is 2.99. The first-order valence-corrected chi connectivity index (χ1v) is 7.31. The lowest BCUT2D eigenvalue weighted by Crippen LogP contribution is -2.49. The van der Waals surface area contributed by atoms with Gasteiger partial charge in [-0.05, 0) is 37.1 Å². The molecular formula is C17H23ClN2O2. The van der Waals surface area contributed by atoms with E-state index >= 15 is 0 Å². The first-order valence-electron chi connectivity index (χ1n) is 7.31. The van der Waals surface area contributed by atoms with E-state index in [-0.39, 0.29) is 23.7 Å². The molecule has 1 saturated heterocycles. The van der Waals surface area contributed by atoms with Gasteiger partial charge in [0, 0.05) is 29.9 Å². The predicted molar refractivity (Wildman–Crippen MR) is 90.9 cm³/mol. The molecule has 1 N–H and O–H groups in total. The van der Waals surface area contributed by atoms with Crippen molar-refractivity contribution >= 4 is 29.2 Å². The Morgan fingerprint density at radius 3 is 2.59 bits per heavy atom. The molecule has 0 saturated carbocycles. The van der Waals surface area contributed by atoms with Crippen LogP contribution in [-0.4, -0.2) is 42.6 Å².